The molecule has 2 amide bonds. The van der Waals surface area contributed by atoms with Crippen molar-refractivity contribution in [3.63, 3.8) is 0 Å². The Labute approximate surface area is 130 Å². The van der Waals surface area contributed by atoms with Crippen LogP contribution in [0.25, 0.3) is 0 Å². The molecule has 2 atom stereocenters. The molecule has 1 aromatic heterocycles. The van der Waals surface area contributed by atoms with Crippen molar-refractivity contribution < 1.29 is 14.7 Å². The van der Waals surface area contributed by atoms with Crippen LogP contribution < -0.4 is 5.32 Å². The predicted molar refractivity (Wildman–Crippen MR) is 81.5 cm³/mol. The highest BCUT2D eigenvalue weighted by Crippen LogP contribution is 2.24. The Bertz CT molecular complexity index is 558. The van der Waals surface area contributed by atoms with Crippen LogP contribution in [0.2, 0.25) is 0 Å². The fourth-order valence-corrected chi connectivity index (χ4v) is 3.42. The molecule has 0 spiro atoms. The molecule has 3 rings (SSSR count). The maximum Gasteiger partial charge on any atom is 0.255 e. The number of hydrogen-bond donors (Lipinski definition) is 2. The van der Waals surface area contributed by atoms with E-state index in [1.807, 2.05) is 12.3 Å². The van der Waals surface area contributed by atoms with Crippen LogP contribution in [-0.4, -0.2) is 52.6 Å². The Balaban J connectivity index is 1.68. The van der Waals surface area contributed by atoms with Crippen LogP contribution >= 0.6 is 0 Å². The summed E-state index contributed by atoms with van der Waals surface area (Å²) in [4.78, 5) is 25.7. The fraction of sp³-hybridized carbons (Fsp3) is 0.625. The highest BCUT2D eigenvalue weighted by molar-refractivity contribution is 5.94. The lowest BCUT2D eigenvalue weighted by Gasteiger charge is -2.15. The van der Waals surface area contributed by atoms with Crippen molar-refractivity contribution in [1.82, 2.24) is 14.8 Å². The number of amides is 2. The van der Waals surface area contributed by atoms with Gasteiger partial charge in [0, 0.05) is 50.9 Å². The lowest BCUT2D eigenvalue weighted by Crippen LogP contribution is -2.29. The molecule has 6 nitrogen and oxygen atoms in total. The molecule has 0 aromatic carbocycles. The first-order chi connectivity index (χ1) is 10.6. The number of carbonyl (C=O) groups excluding carboxylic acids is 2. The SMILES string of the molecule is CNC(=O)C[C@@H]1CN(C(=O)c2cc3n(c2)CCCC3)C[C@H]1O. The number of rotatable bonds is 3. The molecule has 6 heteroatoms. The summed E-state index contributed by atoms with van der Waals surface area (Å²) in [6, 6.07) is 1.97. The Morgan fingerprint density at radius 1 is 1.36 bits per heavy atom. The van der Waals surface area contributed by atoms with E-state index in [0.29, 0.717) is 18.7 Å². The molecular formula is C16H23N3O3. The van der Waals surface area contributed by atoms with Gasteiger partial charge in [0.2, 0.25) is 5.91 Å². The molecule has 0 bridgehead atoms. The van der Waals surface area contributed by atoms with Crippen LogP contribution in [0.15, 0.2) is 12.3 Å². The molecule has 0 aliphatic carbocycles. The zero-order chi connectivity index (χ0) is 15.7. The summed E-state index contributed by atoms with van der Waals surface area (Å²) in [7, 11) is 1.58. The standard InChI is InChI=1S/C16H23N3O3/c1-17-15(21)7-11-8-19(10-14(11)20)16(22)12-6-13-4-2-3-5-18(13)9-12/h6,9,11,14,20H,2-5,7-8,10H2,1H3,(H,17,21)/t11-,14-/m1/s1. The molecule has 2 aliphatic heterocycles. The lowest BCUT2D eigenvalue weighted by atomic mass is 10.0. The van der Waals surface area contributed by atoms with E-state index in [4.69, 9.17) is 0 Å². The van der Waals surface area contributed by atoms with Crippen LogP contribution in [0.3, 0.4) is 0 Å². The first-order valence-corrected chi connectivity index (χ1v) is 7.95. The highest BCUT2D eigenvalue weighted by atomic mass is 16.3. The van der Waals surface area contributed by atoms with Gasteiger partial charge in [-0.3, -0.25) is 9.59 Å². The number of aliphatic hydroxyl groups is 1. The van der Waals surface area contributed by atoms with Gasteiger partial charge in [-0.25, -0.2) is 0 Å². The van der Waals surface area contributed by atoms with Crippen molar-refractivity contribution in [1.29, 1.82) is 0 Å². The molecule has 120 valence electrons. The minimum Gasteiger partial charge on any atom is -0.391 e. The van der Waals surface area contributed by atoms with E-state index in [-0.39, 0.29) is 24.2 Å². The first-order valence-electron chi connectivity index (χ1n) is 7.95. The first kappa shape index (κ1) is 15.1. The molecule has 1 aromatic rings. The molecule has 3 heterocycles. The monoisotopic (exact) mass is 305 g/mol. The van der Waals surface area contributed by atoms with Gasteiger partial charge in [-0.05, 0) is 25.3 Å². The van der Waals surface area contributed by atoms with Crippen molar-refractivity contribution in [3.8, 4) is 0 Å². The average Bonchev–Trinajstić information content (AvgIpc) is 3.10. The van der Waals surface area contributed by atoms with Crippen LogP contribution in [0.5, 0.6) is 0 Å². The number of likely N-dealkylation sites (tertiary alicyclic amines) is 1. The number of aliphatic hydroxyl groups excluding tert-OH is 1. The summed E-state index contributed by atoms with van der Waals surface area (Å²) >= 11 is 0. The summed E-state index contributed by atoms with van der Waals surface area (Å²) in [5.74, 6) is -0.320. The molecule has 1 saturated heterocycles. The topological polar surface area (TPSA) is 74.6 Å². The number of aromatic nitrogens is 1. The number of β-amino-alcohol motifs (C(OH)–C–C–N with tert-alkyl or cyclic N) is 1. The number of nitrogens with zero attached hydrogens (tertiary/aromatic N) is 2. The average molecular weight is 305 g/mol. The largest absolute Gasteiger partial charge is 0.391 e. The third-order valence-electron chi connectivity index (χ3n) is 4.73. The van der Waals surface area contributed by atoms with E-state index in [9.17, 15) is 14.7 Å². The van der Waals surface area contributed by atoms with Gasteiger partial charge in [0.1, 0.15) is 0 Å². The normalized spacial score (nSPS) is 24.2. The van der Waals surface area contributed by atoms with Crippen molar-refractivity contribution in [2.45, 2.75) is 38.3 Å². The minimum absolute atomic E-state index is 0.0413. The molecule has 0 saturated carbocycles. The fourth-order valence-electron chi connectivity index (χ4n) is 3.42. The molecule has 0 unspecified atom stereocenters. The van der Waals surface area contributed by atoms with Gasteiger partial charge in [0.25, 0.3) is 5.91 Å². The number of nitrogens with one attached hydrogen (secondary N) is 1. The second-order valence-electron chi connectivity index (χ2n) is 6.29. The Kier molecular flexibility index (Phi) is 4.20. The van der Waals surface area contributed by atoms with Crippen molar-refractivity contribution in [2.75, 3.05) is 20.1 Å². The summed E-state index contributed by atoms with van der Waals surface area (Å²) < 4.78 is 2.16. The van der Waals surface area contributed by atoms with Crippen molar-refractivity contribution >= 4 is 11.8 Å². The Morgan fingerprint density at radius 2 is 2.18 bits per heavy atom. The van der Waals surface area contributed by atoms with Gasteiger partial charge >= 0.3 is 0 Å². The summed E-state index contributed by atoms with van der Waals surface area (Å²) in [5.41, 5.74) is 1.92. The van der Waals surface area contributed by atoms with E-state index in [0.717, 1.165) is 19.4 Å². The smallest absolute Gasteiger partial charge is 0.255 e. The lowest BCUT2D eigenvalue weighted by molar-refractivity contribution is -0.122. The molecular weight excluding hydrogens is 282 g/mol. The van der Waals surface area contributed by atoms with E-state index in [2.05, 4.69) is 9.88 Å². The van der Waals surface area contributed by atoms with Crippen molar-refractivity contribution in [3.05, 3.63) is 23.5 Å². The van der Waals surface area contributed by atoms with Gasteiger partial charge in [-0.1, -0.05) is 0 Å². The number of fused-ring (bicyclic) bond motifs is 1. The second kappa shape index (κ2) is 6.12. The van der Waals surface area contributed by atoms with E-state index < -0.39 is 6.10 Å². The quantitative estimate of drug-likeness (QED) is 0.848. The highest BCUT2D eigenvalue weighted by Gasteiger charge is 2.35. The van der Waals surface area contributed by atoms with Gasteiger partial charge in [-0.2, -0.15) is 0 Å². The third kappa shape index (κ3) is 2.88. The van der Waals surface area contributed by atoms with Crippen LogP contribution in [0.1, 0.15) is 35.3 Å². The Morgan fingerprint density at radius 3 is 2.91 bits per heavy atom. The number of aryl methyl sites for hydroxylation is 2. The molecule has 22 heavy (non-hydrogen) atoms. The molecule has 2 aliphatic rings. The molecule has 2 N–H and O–H groups in total. The van der Waals surface area contributed by atoms with E-state index in [1.165, 1.54) is 12.1 Å². The van der Waals surface area contributed by atoms with Crippen LogP contribution in [0, 0.1) is 5.92 Å². The number of carbonyl (C=O) groups is 2. The number of hydrogen-bond acceptors (Lipinski definition) is 3. The van der Waals surface area contributed by atoms with Crippen LogP contribution in [-0.2, 0) is 17.8 Å². The van der Waals surface area contributed by atoms with Gasteiger partial charge in [-0.15, -0.1) is 0 Å². The van der Waals surface area contributed by atoms with Crippen LogP contribution in [0.4, 0.5) is 0 Å². The summed E-state index contributed by atoms with van der Waals surface area (Å²) in [5, 5.41) is 12.6. The van der Waals surface area contributed by atoms with Crippen molar-refractivity contribution in [2.24, 2.45) is 5.92 Å². The zero-order valence-corrected chi connectivity index (χ0v) is 12.9. The third-order valence-corrected chi connectivity index (χ3v) is 4.73. The van der Waals surface area contributed by atoms with E-state index in [1.54, 1.807) is 11.9 Å². The van der Waals surface area contributed by atoms with Gasteiger partial charge in [0.05, 0.1) is 11.7 Å². The van der Waals surface area contributed by atoms with E-state index >= 15 is 0 Å². The Hall–Kier alpha value is -1.82. The molecule has 0 radical (unpaired) electrons. The maximum atomic E-state index is 12.6. The predicted octanol–water partition coefficient (Wildman–Crippen LogP) is 0.393. The van der Waals surface area contributed by atoms with Gasteiger partial charge in [0.15, 0.2) is 0 Å². The summed E-state index contributed by atoms with van der Waals surface area (Å²) in [6.45, 7) is 1.72. The summed E-state index contributed by atoms with van der Waals surface area (Å²) in [6.07, 6.45) is 4.91. The zero-order valence-electron chi connectivity index (χ0n) is 12.9. The molecule has 1 fully saturated rings. The van der Waals surface area contributed by atoms with Gasteiger partial charge < -0.3 is 19.9 Å². The second-order valence-corrected chi connectivity index (χ2v) is 6.29. The minimum atomic E-state index is -0.626. The maximum absolute atomic E-state index is 12.6.